The number of carbonyl (C=O) groups is 2. The lowest BCUT2D eigenvalue weighted by Crippen LogP contribution is -2.35. The van der Waals surface area contributed by atoms with Gasteiger partial charge in [0.15, 0.2) is 0 Å². The molecule has 27 heavy (non-hydrogen) atoms. The Morgan fingerprint density at radius 3 is 2.63 bits per heavy atom. The van der Waals surface area contributed by atoms with Gasteiger partial charge < -0.3 is 10.2 Å². The number of amides is 2. The zero-order valence-electron chi connectivity index (χ0n) is 15.4. The predicted molar refractivity (Wildman–Crippen MR) is 102 cm³/mol. The van der Waals surface area contributed by atoms with Gasteiger partial charge >= 0.3 is 0 Å². The van der Waals surface area contributed by atoms with Gasteiger partial charge in [-0.25, -0.2) is 4.39 Å². The Hall–Kier alpha value is -2.35. The molecule has 1 aromatic carbocycles. The number of carbonyl (C=O) groups excluding carboxylic acids is 2. The molecule has 1 N–H and O–H groups in total. The zero-order chi connectivity index (χ0) is 19.4. The summed E-state index contributed by atoms with van der Waals surface area (Å²) < 4.78 is 13.0. The second-order valence-electron chi connectivity index (χ2n) is 6.61. The van der Waals surface area contributed by atoms with Crippen LogP contribution in [0.25, 0.3) is 0 Å². The molecule has 0 unspecified atom stereocenters. The molecule has 0 saturated carbocycles. The Morgan fingerprint density at radius 1 is 1.26 bits per heavy atom. The number of aromatic nitrogens is 2. The van der Waals surface area contributed by atoms with Gasteiger partial charge in [-0.1, -0.05) is 25.2 Å². The van der Waals surface area contributed by atoms with E-state index in [9.17, 15) is 14.0 Å². The highest BCUT2D eigenvalue weighted by atomic mass is 32.1. The van der Waals surface area contributed by atoms with E-state index in [1.165, 1.54) is 35.6 Å². The van der Waals surface area contributed by atoms with E-state index in [4.69, 9.17) is 0 Å². The fraction of sp³-hybridized carbons (Fsp3) is 0.474. The number of nitrogens with one attached hydrogen (secondary N) is 1. The van der Waals surface area contributed by atoms with E-state index in [2.05, 4.69) is 15.5 Å². The van der Waals surface area contributed by atoms with Crippen molar-refractivity contribution in [2.75, 3.05) is 11.9 Å². The molecule has 1 saturated heterocycles. The van der Waals surface area contributed by atoms with Crippen LogP contribution in [-0.4, -0.2) is 33.5 Å². The smallest absolute Gasteiger partial charge is 0.286 e. The van der Waals surface area contributed by atoms with Crippen LogP contribution in [0.1, 0.15) is 60.4 Å². The van der Waals surface area contributed by atoms with Gasteiger partial charge in [0.2, 0.25) is 10.9 Å². The minimum Gasteiger partial charge on any atom is -0.333 e. The van der Waals surface area contributed by atoms with E-state index >= 15 is 0 Å². The number of rotatable bonds is 6. The third kappa shape index (κ3) is 4.32. The Balaban J connectivity index is 1.71. The van der Waals surface area contributed by atoms with Crippen LogP contribution in [0.3, 0.4) is 0 Å². The summed E-state index contributed by atoms with van der Waals surface area (Å²) in [5.74, 6) is -0.564. The topological polar surface area (TPSA) is 75.2 Å². The monoisotopic (exact) mass is 390 g/mol. The van der Waals surface area contributed by atoms with Crippen molar-refractivity contribution in [3.8, 4) is 0 Å². The maximum atomic E-state index is 13.0. The number of anilines is 1. The minimum atomic E-state index is -0.388. The van der Waals surface area contributed by atoms with Crippen molar-refractivity contribution in [3.63, 3.8) is 0 Å². The molecule has 0 spiro atoms. The molecule has 0 bridgehead atoms. The minimum absolute atomic E-state index is 0.0276. The highest BCUT2D eigenvalue weighted by molar-refractivity contribution is 7.13. The van der Waals surface area contributed by atoms with Crippen molar-refractivity contribution in [3.05, 3.63) is 40.1 Å². The van der Waals surface area contributed by atoms with Gasteiger partial charge in [0.1, 0.15) is 10.8 Å². The lowest BCUT2D eigenvalue weighted by molar-refractivity contribution is -0.136. The maximum absolute atomic E-state index is 13.0. The van der Waals surface area contributed by atoms with Crippen molar-refractivity contribution < 1.29 is 14.0 Å². The van der Waals surface area contributed by atoms with Crippen LogP contribution < -0.4 is 5.32 Å². The summed E-state index contributed by atoms with van der Waals surface area (Å²) in [6.45, 7) is 4.77. The van der Waals surface area contributed by atoms with Crippen LogP contribution in [0.4, 0.5) is 10.1 Å². The van der Waals surface area contributed by atoms with E-state index in [0.717, 1.165) is 32.2 Å². The first-order valence-electron chi connectivity index (χ1n) is 9.24. The Morgan fingerprint density at radius 2 is 1.96 bits per heavy atom. The summed E-state index contributed by atoms with van der Waals surface area (Å²) >= 11 is 1.21. The van der Waals surface area contributed by atoms with Crippen LogP contribution in [0.5, 0.6) is 0 Å². The van der Waals surface area contributed by atoms with E-state index in [-0.39, 0.29) is 34.6 Å². The number of halogens is 1. The molecule has 3 rings (SSSR count). The molecule has 2 amide bonds. The van der Waals surface area contributed by atoms with Crippen LogP contribution in [0, 0.1) is 11.7 Å². The summed E-state index contributed by atoms with van der Waals surface area (Å²) in [6, 6.07) is 5.43. The summed E-state index contributed by atoms with van der Waals surface area (Å²) in [4.78, 5) is 27.0. The van der Waals surface area contributed by atoms with Crippen molar-refractivity contribution in [2.24, 2.45) is 5.92 Å². The van der Waals surface area contributed by atoms with Gasteiger partial charge in [-0.3, -0.25) is 9.59 Å². The lowest BCUT2D eigenvalue weighted by Gasteiger charge is -2.26. The summed E-state index contributed by atoms with van der Waals surface area (Å²) in [6.07, 6.45) is 3.40. The highest BCUT2D eigenvalue weighted by Crippen LogP contribution is 2.35. The molecule has 2 heterocycles. The zero-order valence-corrected chi connectivity index (χ0v) is 16.3. The Labute approximate surface area is 161 Å². The summed E-state index contributed by atoms with van der Waals surface area (Å²) in [7, 11) is 0. The molecule has 6 nitrogen and oxygen atoms in total. The van der Waals surface area contributed by atoms with Gasteiger partial charge in [-0.15, -0.1) is 10.2 Å². The first kappa shape index (κ1) is 19.4. The van der Waals surface area contributed by atoms with Crippen LogP contribution in [0.2, 0.25) is 0 Å². The van der Waals surface area contributed by atoms with Gasteiger partial charge in [-0.2, -0.15) is 0 Å². The number of nitrogens with zero attached hydrogens (tertiary/aromatic N) is 3. The van der Waals surface area contributed by atoms with Crippen LogP contribution >= 0.6 is 11.3 Å². The molecule has 0 aliphatic carbocycles. The molecule has 1 aromatic heterocycles. The first-order chi connectivity index (χ1) is 13.0. The van der Waals surface area contributed by atoms with Crippen molar-refractivity contribution >= 4 is 28.8 Å². The molecule has 1 aliphatic rings. The second-order valence-corrected chi connectivity index (χ2v) is 7.62. The predicted octanol–water partition coefficient (Wildman–Crippen LogP) is 4.03. The third-order valence-corrected chi connectivity index (χ3v) is 5.92. The quantitative estimate of drug-likeness (QED) is 0.808. The largest absolute Gasteiger partial charge is 0.333 e. The fourth-order valence-corrected chi connectivity index (χ4v) is 4.22. The number of benzene rings is 1. The molecule has 8 heteroatoms. The normalized spacial score (nSPS) is 16.7. The van der Waals surface area contributed by atoms with Crippen molar-refractivity contribution in [2.45, 2.75) is 45.6 Å². The molecule has 0 radical (unpaired) electrons. The fourth-order valence-electron chi connectivity index (χ4n) is 3.34. The molecular weight excluding hydrogens is 367 g/mol. The summed E-state index contributed by atoms with van der Waals surface area (Å²) in [5, 5.41) is 11.8. The van der Waals surface area contributed by atoms with Crippen LogP contribution in [-0.2, 0) is 4.79 Å². The standard InChI is InChI=1S/C19H23FN4O2S/c1-3-12(4-2)19(26)24-11-5-6-15(24)17-22-23-18(27-17)16(25)21-14-9-7-13(20)8-10-14/h7-10,12,15H,3-6,11H2,1-2H3,(H,21,25)/t15-/m0/s1. The number of hydrogen-bond acceptors (Lipinski definition) is 5. The van der Waals surface area contributed by atoms with E-state index in [1.54, 1.807) is 0 Å². The molecule has 1 aliphatic heterocycles. The average molecular weight is 390 g/mol. The summed E-state index contributed by atoms with van der Waals surface area (Å²) in [5.41, 5.74) is 0.490. The Kier molecular flexibility index (Phi) is 6.15. The van der Waals surface area contributed by atoms with Gasteiger partial charge in [0, 0.05) is 18.2 Å². The van der Waals surface area contributed by atoms with Gasteiger partial charge in [0.25, 0.3) is 5.91 Å². The average Bonchev–Trinajstić information content (AvgIpc) is 3.33. The van der Waals surface area contributed by atoms with E-state index < -0.39 is 0 Å². The highest BCUT2D eigenvalue weighted by Gasteiger charge is 2.35. The van der Waals surface area contributed by atoms with Crippen molar-refractivity contribution in [1.82, 2.24) is 15.1 Å². The lowest BCUT2D eigenvalue weighted by atomic mass is 10.0. The molecule has 144 valence electrons. The molecule has 1 fully saturated rings. The Bertz CT molecular complexity index is 804. The van der Waals surface area contributed by atoms with Gasteiger partial charge in [-0.05, 0) is 49.9 Å². The number of likely N-dealkylation sites (tertiary alicyclic amines) is 1. The van der Waals surface area contributed by atoms with Crippen molar-refractivity contribution in [1.29, 1.82) is 0 Å². The van der Waals surface area contributed by atoms with Crippen LogP contribution in [0.15, 0.2) is 24.3 Å². The maximum Gasteiger partial charge on any atom is 0.286 e. The van der Waals surface area contributed by atoms with E-state index in [1.807, 2.05) is 18.7 Å². The molecular formula is C19H23FN4O2S. The molecule has 1 atom stereocenters. The van der Waals surface area contributed by atoms with Gasteiger partial charge in [0.05, 0.1) is 6.04 Å². The van der Waals surface area contributed by atoms with E-state index in [0.29, 0.717) is 10.7 Å². The third-order valence-electron chi connectivity index (χ3n) is 4.89. The number of hydrogen-bond donors (Lipinski definition) is 1. The molecule has 2 aromatic rings. The SMILES string of the molecule is CCC(CC)C(=O)N1CCC[C@H]1c1nnc(C(=O)Nc2ccc(F)cc2)s1. The second kappa shape index (κ2) is 8.56. The first-order valence-corrected chi connectivity index (χ1v) is 10.1.